The van der Waals surface area contributed by atoms with Gasteiger partial charge in [0.25, 0.3) is 0 Å². The molecule has 0 fully saturated rings. The summed E-state index contributed by atoms with van der Waals surface area (Å²) in [5, 5.41) is 9.59. The minimum absolute atomic E-state index is 0.0262. The number of benzene rings is 1. The van der Waals surface area contributed by atoms with Crippen molar-refractivity contribution < 1.29 is 9.90 Å². The monoisotopic (exact) mass is 287 g/mol. The first-order chi connectivity index (χ1) is 8.63. The third-order valence-corrected chi connectivity index (χ3v) is 3.68. The summed E-state index contributed by atoms with van der Waals surface area (Å²) in [6.45, 7) is 2.90. The lowest BCUT2D eigenvalue weighted by Crippen LogP contribution is -2.30. The third-order valence-electron chi connectivity index (χ3n) is 2.44. The first kappa shape index (κ1) is 15.2. The molecule has 0 unspecified atom stereocenters. The van der Waals surface area contributed by atoms with Crippen molar-refractivity contribution in [3.05, 3.63) is 29.3 Å². The number of halogens is 1. The van der Waals surface area contributed by atoms with Gasteiger partial charge in [0.2, 0.25) is 0 Å². The fourth-order valence-electron chi connectivity index (χ4n) is 1.62. The molecule has 3 nitrogen and oxygen atoms in total. The van der Waals surface area contributed by atoms with E-state index in [1.807, 2.05) is 28.8 Å². The van der Waals surface area contributed by atoms with Crippen LogP contribution in [0.15, 0.2) is 24.3 Å². The first-order valence-corrected chi connectivity index (χ1v) is 7.46. The van der Waals surface area contributed by atoms with Crippen LogP contribution in [-0.2, 0) is 4.79 Å². The van der Waals surface area contributed by atoms with Crippen molar-refractivity contribution in [3.8, 4) is 0 Å². The maximum absolute atomic E-state index is 10.9. The zero-order chi connectivity index (χ0) is 13.4. The van der Waals surface area contributed by atoms with Gasteiger partial charge in [-0.25, -0.2) is 0 Å². The number of carbonyl (C=O) groups is 1. The van der Waals surface area contributed by atoms with Crippen molar-refractivity contribution in [1.82, 2.24) is 0 Å². The molecule has 1 aromatic carbocycles. The van der Waals surface area contributed by atoms with Crippen LogP contribution in [0.1, 0.15) is 13.3 Å². The maximum Gasteiger partial charge on any atom is 0.323 e. The largest absolute Gasteiger partial charge is 0.480 e. The minimum Gasteiger partial charge on any atom is -0.480 e. The summed E-state index contributed by atoms with van der Waals surface area (Å²) in [6.07, 6.45) is 0.981. The lowest BCUT2D eigenvalue weighted by atomic mass is 10.2. The van der Waals surface area contributed by atoms with Crippen LogP contribution in [-0.4, -0.2) is 35.7 Å². The smallest absolute Gasteiger partial charge is 0.323 e. The van der Waals surface area contributed by atoms with Gasteiger partial charge in [-0.1, -0.05) is 18.5 Å². The number of anilines is 1. The van der Waals surface area contributed by atoms with Crippen molar-refractivity contribution in [3.63, 3.8) is 0 Å². The Morgan fingerprint density at radius 2 is 2.06 bits per heavy atom. The summed E-state index contributed by atoms with van der Waals surface area (Å²) in [5.41, 5.74) is 0.906. The zero-order valence-corrected chi connectivity index (χ0v) is 12.0. The Kier molecular flexibility index (Phi) is 6.98. The molecule has 0 aliphatic heterocycles. The average molecular weight is 288 g/mol. The Bertz CT molecular complexity index is 370. The van der Waals surface area contributed by atoms with Crippen LogP contribution in [0.4, 0.5) is 5.69 Å². The highest BCUT2D eigenvalue weighted by Gasteiger charge is 2.10. The Labute approximate surface area is 117 Å². The van der Waals surface area contributed by atoms with Crippen LogP contribution in [0.5, 0.6) is 0 Å². The molecule has 0 bridgehead atoms. The van der Waals surface area contributed by atoms with Crippen LogP contribution in [0, 0.1) is 0 Å². The minimum atomic E-state index is -0.812. The molecular formula is C13H18ClNO2S. The van der Waals surface area contributed by atoms with E-state index in [0.717, 1.165) is 30.2 Å². The van der Waals surface area contributed by atoms with Crippen molar-refractivity contribution in [2.45, 2.75) is 13.3 Å². The Morgan fingerprint density at radius 3 is 2.61 bits per heavy atom. The van der Waals surface area contributed by atoms with Crippen LogP contribution < -0.4 is 4.90 Å². The highest BCUT2D eigenvalue weighted by Crippen LogP contribution is 2.18. The lowest BCUT2D eigenvalue weighted by molar-refractivity contribution is -0.135. The number of aliphatic carboxylic acids is 1. The highest BCUT2D eigenvalue weighted by molar-refractivity contribution is 7.99. The quantitative estimate of drug-likeness (QED) is 0.744. The molecule has 0 amide bonds. The van der Waals surface area contributed by atoms with Crippen molar-refractivity contribution >= 4 is 35.0 Å². The van der Waals surface area contributed by atoms with E-state index in [1.54, 1.807) is 12.1 Å². The summed E-state index contributed by atoms with van der Waals surface area (Å²) in [6, 6.07) is 7.29. The Morgan fingerprint density at radius 1 is 1.39 bits per heavy atom. The molecule has 1 rings (SSSR count). The van der Waals surface area contributed by atoms with Crippen LogP contribution in [0.3, 0.4) is 0 Å². The second kappa shape index (κ2) is 8.27. The Balaban J connectivity index is 2.59. The molecule has 0 saturated heterocycles. The summed E-state index contributed by atoms with van der Waals surface area (Å²) >= 11 is 7.70. The second-order valence-corrected chi connectivity index (χ2v) is 5.67. The van der Waals surface area contributed by atoms with Gasteiger partial charge >= 0.3 is 5.97 Å². The van der Waals surface area contributed by atoms with E-state index in [-0.39, 0.29) is 6.54 Å². The molecule has 0 heterocycles. The van der Waals surface area contributed by atoms with Gasteiger partial charge in [-0.3, -0.25) is 4.79 Å². The van der Waals surface area contributed by atoms with Gasteiger partial charge in [-0.15, -0.1) is 0 Å². The normalized spacial score (nSPS) is 10.3. The van der Waals surface area contributed by atoms with E-state index >= 15 is 0 Å². The number of hydrogen-bond donors (Lipinski definition) is 1. The maximum atomic E-state index is 10.9. The molecule has 0 aliphatic rings. The molecule has 5 heteroatoms. The van der Waals surface area contributed by atoms with Crippen LogP contribution in [0.2, 0.25) is 5.02 Å². The Hall–Kier alpha value is -0.870. The summed E-state index contributed by atoms with van der Waals surface area (Å²) in [5.74, 6) is 1.34. The number of carboxylic acids is 1. The number of rotatable bonds is 8. The number of thioether (sulfide) groups is 1. The molecule has 0 spiro atoms. The van der Waals surface area contributed by atoms with E-state index in [1.165, 1.54) is 0 Å². The van der Waals surface area contributed by atoms with E-state index < -0.39 is 5.97 Å². The molecule has 0 atom stereocenters. The van der Waals surface area contributed by atoms with Crippen molar-refractivity contribution in [2.24, 2.45) is 0 Å². The molecule has 18 heavy (non-hydrogen) atoms. The van der Waals surface area contributed by atoms with Gasteiger partial charge in [-0.05, 0) is 42.2 Å². The first-order valence-electron chi connectivity index (χ1n) is 5.93. The average Bonchev–Trinajstić information content (AvgIpc) is 2.34. The van der Waals surface area contributed by atoms with E-state index in [9.17, 15) is 4.79 Å². The molecule has 1 N–H and O–H groups in total. The molecule has 0 aliphatic carbocycles. The van der Waals surface area contributed by atoms with Gasteiger partial charge in [-0.2, -0.15) is 11.8 Å². The summed E-state index contributed by atoms with van der Waals surface area (Å²) in [4.78, 5) is 12.7. The van der Waals surface area contributed by atoms with Crippen LogP contribution >= 0.6 is 23.4 Å². The van der Waals surface area contributed by atoms with Crippen molar-refractivity contribution in [1.29, 1.82) is 0 Å². The van der Waals surface area contributed by atoms with E-state index in [2.05, 4.69) is 6.92 Å². The summed E-state index contributed by atoms with van der Waals surface area (Å²) < 4.78 is 0. The topological polar surface area (TPSA) is 40.5 Å². The summed E-state index contributed by atoms with van der Waals surface area (Å²) in [7, 11) is 0. The van der Waals surface area contributed by atoms with Gasteiger partial charge in [0, 0.05) is 17.3 Å². The SMILES string of the molecule is CCSCCCN(CC(=O)O)c1ccc(Cl)cc1. The third kappa shape index (κ3) is 5.65. The van der Waals surface area contributed by atoms with Gasteiger partial charge in [0.05, 0.1) is 0 Å². The second-order valence-electron chi connectivity index (χ2n) is 3.84. The number of nitrogens with zero attached hydrogens (tertiary/aromatic N) is 1. The number of hydrogen-bond acceptors (Lipinski definition) is 3. The fraction of sp³-hybridized carbons (Fsp3) is 0.462. The highest BCUT2D eigenvalue weighted by atomic mass is 35.5. The van der Waals surface area contributed by atoms with Gasteiger partial charge < -0.3 is 10.0 Å². The molecule has 1 aromatic rings. The molecular weight excluding hydrogens is 270 g/mol. The molecule has 0 aromatic heterocycles. The molecule has 0 saturated carbocycles. The predicted molar refractivity (Wildman–Crippen MR) is 78.9 cm³/mol. The van der Waals surface area contributed by atoms with Gasteiger partial charge in [0.15, 0.2) is 0 Å². The lowest BCUT2D eigenvalue weighted by Gasteiger charge is -2.22. The van der Waals surface area contributed by atoms with Crippen molar-refractivity contribution in [2.75, 3.05) is 29.5 Å². The predicted octanol–water partition coefficient (Wildman–Crippen LogP) is 3.37. The van der Waals surface area contributed by atoms with Gasteiger partial charge in [0.1, 0.15) is 6.54 Å². The molecule has 0 radical (unpaired) electrons. The fourth-order valence-corrected chi connectivity index (χ4v) is 2.36. The van der Waals surface area contributed by atoms with Crippen LogP contribution in [0.25, 0.3) is 0 Å². The number of carboxylic acid groups (broad SMARTS) is 1. The van der Waals surface area contributed by atoms with E-state index in [4.69, 9.17) is 16.7 Å². The molecule has 100 valence electrons. The standard InChI is InChI=1S/C13H18ClNO2S/c1-2-18-9-3-8-15(10-13(16)17)12-6-4-11(14)5-7-12/h4-7H,2-3,8-10H2,1H3,(H,16,17). The zero-order valence-electron chi connectivity index (χ0n) is 10.4. The van der Waals surface area contributed by atoms with E-state index in [0.29, 0.717) is 5.02 Å².